The van der Waals surface area contributed by atoms with Crippen LogP contribution in [0.3, 0.4) is 0 Å². The third kappa shape index (κ3) is 3.70. The Hall–Kier alpha value is -1.10. The molecular formula is C13H17ClN2O2. The molecule has 0 saturated carbocycles. The second-order valence-corrected chi connectivity index (χ2v) is 4.82. The van der Waals surface area contributed by atoms with Gasteiger partial charge in [-0.3, -0.25) is 4.79 Å². The van der Waals surface area contributed by atoms with Gasteiger partial charge in [0.1, 0.15) is 0 Å². The summed E-state index contributed by atoms with van der Waals surface area (Å²) in [4.78, 5) is 11.8. The van der Waals surface area contributed by atoms with E-state index in [0.29, 0.717) is 18.1 Å². The maximum absolute atomic E-state index is 11.8. The summed E-state index contributed by atoms with van der Waals surface area (Å²) in [5.41, 5.74) is 1.72. The summed E-state index contributed by atoms with van der Waals surface area (Å²) < 4.78 is 5.48. The number of anilines is 1. The number of rotatable bonds is 3. The molecule has 2 N–H and O–H groups in total. The predicted molar refractivity (Wildman–Crippen MR) is 72.0 cm³/mol. The quantitative estimate of drug-likeness (QED) is 0.881. The number of morpholine rings is 1. The topological polar surface area (TPSA) is 50.4 Å². The zero-order valence-corrected chi connectivity index (χ0v) is 11.1. The first-order valence-corrected chi connectivity index (χ1v) is 6.41. The zero-order valence-electron chi connectivity index (χ0n) is 10.3. The van der Waals surface area contributed by atoms with E-state index in [-0.39, 0.29) is 12.0 Å². The Morgan fingerprint density at radius 3 is 3.11 bits per heavy atom. The van der Waals surface area contributed by atoms with Gasteiger partial charge in [0.05, 0.1) is 19.1 Å². The van der Waals surface area contributed by atoms with Crippen LogP contribution in [0.1, 0.15) is 12.0 Å². The highest BCUT2D eigenvalue weighted by atomic mass is 35.5. The standard InChI is InChI=1S/C13H17ClN2O2/c1-9-2-3-10(6-12(9)14)16-13(17)7-11-8-15-4-5-18-11/h2-3,6,11,15H,4-5,7-8H2,1H3,(H,16,17). The SMILES string of the molecule is Cc1ccc(NC(=O)CC2CNCCO2)cc1Cl. The largest absolute Gasteiger partial charge is 0.375 e. The molecule has 1 aromatic rings. The smallest absolute Gasteiger partial charge is 0.227 e. The Balaban J connectivity index is 1.88. The van der Waals surface area contributed by atoms with Crippen molar-refractivity contribution >= 4 is 23.2 Å². The predicted octanol–water partition coefficient (Wildman–Crippen LogP) is 1.97. The van der Waals surface area contributed by atoms with Crippen LogP contribution in [0.25, 0.3) is 0 Å². The number of halogens is 1. The summed E-state index contributed by atoms with van der Waals surface area (Å²) in [7, 11) is 0. The van der Waals surface area contributed by atoms with Gasteiger partial charge >= 0.3 is 0 Å². The van der Waals surface area contributed by atoms with Gasteiger partial charge in [0.15, 0.2) is 0 Å². The van der Waals surface area contributed by atoms with Gasteiger partial charge in [-0.15, -0.1) is 0 Å². The van der Waals surface area contributed by atoms with Crippen molar-refractivity contribution in [3.63, 3.8) is 0 Å². The maximum atomic E-state index is 11.8. The van der Waals surface area contributed by atoms with Crippen LogP contribution in [0.5, 0.6) is 0 Å². The first-order chi connectivity index (χ1) is 8.65. The van der Waals surface area contributed by atoms with Gasteiger partial charge in [0.25, 0.3) is 0 Å². The molecule has 0 bridgehead atoms. The molecule has 1 aliphatic heterocycles. The molecule has 0 aromatic heterocycles. The summed E-state index contributed by atoms with van der Waals surface area (Å²) >= 11 is 6.00. The zero-order chi connectivity index (χ0) is 13.0. The van der Waals surface area contributed by atoms with E-state index >= 15 is 0 Å². The van der Waals surface area contributed by atoms with E-state index in [1.54, 1.807) is 6.07 Å². The molecule has 1 aromatic carbocycles. The lowest BCUT2D eigenvalue weighted by molar-refractivity contribution is -0.119. The molecule has 18 heavy (non-hydrogen) atoms. The number of ether oxygens (including phenoxy) is 1. The van der Waals surface area contributed by atoms with Crippen molar-refractivity contribution in [1.82, 2.24) is 5.32 Å². The van der Waals surface area contributed by atoms with E-state index in [9.17, 15) is 4.79 Å². The number of carbonyl (C=O) groups excluding carboxylic acids is 1. The Morgan fingerprint density at radius 1 is 1.61 bits per heavy atom. The van der Waals surface area contributed by atoms with Crippen molar-refractivity contribution in [2.24, 2.45) is 0 Å². The minimum Gasteiger partial charge on any atom is -0.375 e. The van der Waals surface area contributed by atoms with E-state index in [4.69, 9.17) is 16.3 Å². The normalized spacial score (nSPS) is 19.6. The van der Waals surface area contributed by atoms with Crippen LogP contribution in [0.2, 0.25) is 5.02 Å². The molecule has 0 radical (unpaired) electrons. The van der Waals surface area contributed by atoms with Crippen molar-refractivity contribution in [2.75, 3.05) is 25.0 Å². The second kappa shape index (κ2) is 6.18. The maximum Gasteiger partial charge on any atom is 0.227 e. The Kier molecular flexibility index (Phi) is 4.58. The van der Waals surface area contributed by atoms with Crippen molar-refractivity contribution in [3.8, 4) is 0 Å². The van der Waals surface area contributed by atoms with Gasteiger partial charge in [-0.05, 0) is 24.6 Å². The number of nitrogens with one attached hydrogen (secondary N) is 2. The number of aryl methyl sites for hydroxylation is 1. The van der Waals surface area contributed by atoms with Crippen LogP contribution in [0.4, 0.5) is 5.69 Å². The van der Waals surface area contributed by atoms with Crippen LogP contribution in [0.15, 0.2) is 18.2 Å². The molecule has 1 heterocycles. The minimum absolute atomic E-state index is 0.0420. The molecule has 1 fully saturated rings. The first kappa shape index (κ1) is 13.3. The van der Waals surface area contributed by atoms with Gasteiger partial charge in [-0.1, -0.05) is 17.7 Å². The molecular weight excluding hydrogens is 252 g/mol. The molecule has 0 spiro atoms. The van der Waals surface area contributed by atoms with E-state index < -0.39 is 0 Å². The minimum atomic E-state index is -0.0522. The van der Waals surface area contributed by atoms with E-state index in [1.807, 2.05) is 19.1 Å². The highest BCUT2D eigenvalue weighted by Crippen LogP contribution is 2.20. The van der Waals surface area contributed by atoms with Crippen molar-refractivity contribution in [2.45, 2.75) is 19.4 Å². The van der Waals surface area contributed by atoms with Gasteiger partial charge in [0.2, 0.25) is 5.91 Å². The number of hydrogen-bond donors (Lipinski definition) is 2. The Morgan fingerprint density at radius 2 is 2.44 bits per heavy atom. The monoisotopic (exact) mass is 268 g/mol. The van der Waals surface area contributed by atoms with E-state index in [1.165, 1.54) is 0 Å². The second-order valence-electron chi connectivity index (χ2n) is 4.41. The fourth-order valence-corrected chi connectivity index (χ4v) is 2.02. The third-order valence-corrected chi connectivity index (χ3v) is 3.28. The Bertz CT molecular complexity index is 431. The molecule has 0 aliphatic carbocycles. The summed E-state index contributed by atoms with van der Waals surface area (Å²) in [6.45, 7) is 4.16. The average molecular weight is 269 g/mol. The third-order valence-electron chi connectivity index (χ3n) is 2.87. The molecule has 1 aliphatic rings. The van der Waals surface area contributed by atoms with Crippen LogP contribution in [-0.2, 0) is 9.53 Å². The average Bonchev–Trinajstić information content (AvgIpc) is 2.35. The van der Waals surface area contributed by atoms with E-state index in [0.717, 1.165) is 24.3 Å². The fraction of sp³-hybridized carbons (Fsp3) is 0.462. The van der Waals surface area contributed by atoms with Gasteiger partial charge in [-0.25, -0.2) is 0 Å². The van der Waals surface area contributed by atoms with Gasteiger partial charge < -0.3 is 15.4 Å². The van der Waals surface area contributed by atoms with Gasteiger partial charge in [0, 0.05) is 23.8 Å². The molecule has 1 unspecified atom stereocenters. The van der Waals surface area contributed by atoms with Crippen LogP contribution >= 0.6 is 11.6 Å². The van der Waals surface area contributed by atoms with Crippen LogP contribution < -0.4 is 10.6 Å². The summed E-state index contributed by atoms with van der Waals surface area (Å²) in [6.07, 6.45) is 0.318. The number of benzene rings is 1. The Labute approximate surface area is 112 Å². The summed E-state index contributed by atoms with van der Waals surface area (Å²) in [6, 6.07) is 5.49. The molecule has 5 heteroatoms. The number of amides is 1. The fourth-order valence-electron chi connectivity index (χ4n) is 1.84. The van der Waals surface area contributed by atoms with Crippen LogP contribution in [-0.4, -0.2) is 31.7 Å². The molecule has 1 atom stereocenters. The lowest BCUT2D eigenvalue weighted by Gasteiger charge is -2.23. The molecule has 98 valence electrons. The molecule has 2 rings (SSSR count). The molecule has 1 amide bonds. The first-order valence-electron chi connectivity index (χ1n) is 6.03. The van der Waals surface area contributed by atoms with Crippen LogP contribution in [0, 0.1) is 6.92 Å². The highest BCUT2D eigenvalue weighted by molar-refractivity contribution is 6.31. The number of carbonyl (C=O) groups is 1. The molecule has 1 saturated heterocycles. The lowest BCUT2D eigenvalue weighted by Crippen LogP contribution is -2.40. The van der Waals surface area contributed by atoms with Crippen molar-refractivity contribution in [3.05, 3.63) is 28.8 Å². The van der Waals surface area contributed by atoms with Crippen molar-refractivity contribution < 1.29 is 9.53 Å². The summed E-state index contributed by atoms with van der Waals surface area (Å²) in [5.74, 6) is -0.0522. The summed E-state index contributed by atoms with van der Waals surface area (Å²) in [5, 5.41) is 6.68. The lowest BCUT2D eigenvalue weighted by atomic mass is 10.2. The van der Waals surface area contributed by atoms with E-state index in [2.05, 4.69) is 10.6 Å². The van der Waals surface area contributed by atoms with Gasteiger partial charge in [-0.2, -0.15) is 0 Å². The highest BCUT2D eigenvalue weighted by Gasteiger charge is 2.17. The van der Waals surface area contributed by atoms with Crippen molar-refractivity contribution in [1.29, 1.82) is 0 Å². The number of hydrogen-bond acceptors (Lipinski definition) is 3. The molecule has 4 nitrogen and oxygen atoms in total.